The van der Waals surface area contributed by atoms with Crippen molar-refractivity contribution in [3.05, 3.63) is 88.2 Å². The lowest BCUT2D eigenvalue weighted by atomic mass is 9.96. The summed E-state index contributed by atoms with van der Waals surface area (Å²) in [7, 11) is 1.76. The van der Waals surface area contributed by atoms with E-state index in [4.69, 9.17) is 4.52 Å². The predicted octanol–water partition coefficient (Wildman–Crippen LogP) is 5.14. The molecule has 4 aromatic rings. The van der Waals surface area contributed by atoms with Crippen LogP contribution in [0, 0.1) is 18.3 Å². The average Bonchev–Trinajstić information content (AvgIpc) is 3.14. The molecule has 0 N–H and O–H groups in total. The minimum atomic E-state index is -0.0405. The van der Waals surface area contributed by atoms with Crippen LogP contribution in [0.1, 0.15) is 29.9 Å². The Labute approximate surface area is 185 Å². The molecule has 6 heteroatoms. The third-order valence-corrected chi connectivity index (χ3v) is 6.08. The van der Waals surface area contributed by atoms with Gasteiger partial charge in [0.15, 0.2) is 0 Å². The summed E-state index contributed by atoms with van der Waals surface area (Å²) in [6, 6.07) is 19.6. The largest absolute Gasteiger partial charge is 0.360 e. The van der Waals surface area contributed by atoms with Gasteiger partial charge in [-0.2, -0.15) is 5.26 Å². The lowest BCUT2D eigenvalue weighted by Gasteiger charge is -2.27. The van der Waals surface area contributed by atoms with Crippen LogP contribution in [0.2, 0.25) is 0 Å². The van der Waals surface area contributed by atoms with Gasteiger partial charge in [-0.25, -0.2) is 0 Å². The summed E-state index contributed by atoms with van der Waals surface area (Å²) in [5.41, 5.74) is 7.58. The highest BCUT2D eigenvalue weighted by atomic mass is 16.5. The molecule has 5 rings (SSSR count). The summed E-state index contributed by atoms with van der Waals surface area (Å²) >= 11 is 0. The van der Waals surface area contributed by atoms with Crippen molar-refractivity contribution in [3.63, 3.8) is 0 Å². The number of aryl methyl sites for hydroxylation is 2. The van der Waals surface area contributed by atoms with Crippen molar-refractivity contribution in [1.29, 1.82) is 5.26 Å². The average molecular weight is 422 g/mol. The third-order valence-electron chi connectivity index (χ3n) is 6.08. The van der Waals surface area contributed by atoms with E-state index in [0.29, 0.717) is 12.1 Å². The van der Waals surface area contributed by atoms with Gasteiger partial charge in [-0.3, -0.25) is 4.79 Å². The Balaban J connectivity index is 1.73. The number of nitrogens with zero attached hydrogens (tertiary/aromatic N) is 4. The van der Waals surface area contributed by atoms with Gasteiger partial charge in [0, 0.05) is 54.3 Å². The molecule has 0 saturated carbocycles. The van der Waals surface area contributed by atoms with Crippen molar-refractivity contribution in [1.82, 2.24) is 9.72 Å². The molecule has 1 aliphatic rings. The van der Waals surface area contributed by atoms with E-state index < -0.39 is 0 Å². The van der Waals surface area contributed by atoms with E-state index in [0.717, 1.165) is 45.1 Å². The summed E-state index contributed by atoms with van der Waals surface area (Å²) in [4.78, 5) is 14.1. The van der Waals surface area contributed by atoms with E-state index in [-0.39, 0.29) is 11.5 Å². The van der Waals surface area contributed by atoms with E-state index in [2.05, 4.69) is 41.2 Å². The number of pyridine rings is 1. The van der Waals surface area contributed by atoms with Gasteiger partial charge >= 0.3 is 0 Å². The molecule has 1 aliphatic heterocycles. The second kappa shape index (κ2) is 7.54. The molecule has 0 saturated heterocycles. The van der Waals surface area contributed by atoms with Gasteiger partial charge in [0.2, 0.25) is 5.56 Å². The quantitative estimate of drug-likeness (QED) is 0.447. The van der Waals surface area contributed by atoms with Crippen LogP contribution < -0.4 is 10.5 Å². The standard InChI is InChI=1S/C26H22N4O2/c1-16-14-30(21-8-4-18(13-27)5-9-21)23-12-19(20-7-11-24(31)29(3)15-20)6-10-22(23)25-17(2)28-32-26(16)25/h4-12,15-16H,14H2,1-3H3. The Morgan fingerprint density at radius 2 is 1.84 bits per heavy atom. The highest BCUT2D eigenvalue weighted by Gasteiger charge is 2.30. The molecule has 1 unspecified atom stereocenters. The van der Waals surface area contributed by atoms with Crippen molar-refractivity contribution in [2.45, 2.75) is 19.8 Å². The summed E-state index contributed by atoms with van der Waals surface area (Å²) in [5, 5.41) is 13.4. The second-order valence-electron chi connectivity index (χ2n) is 8.28. The fraction of sp³-hybridized carbons (Fsp3) is 0.192. The monoisotopic (exact) mass is 422 g/mol. The number of hydrogen-bond donors (Lipinski definition) is 0. The summed E-state index contributed by atoms with van der Waals surface area (Å²) in [5.74, 6) is 1.00. The maximum atomic E-state index is 11.9. The van der Waals surface area contributed by atoms with E-state index in [1.165, 1.54) is 0 Å². The number of aromatic nitrogens is 2. The van der Waals surface area contributed by atoms with Crippen molar-refractivity contribution in [3.8, 4) is 28.3 Å². The van der Waals surface area contributed by atoms with Crippen molar-refractivity contribution in [2.24, 2.45) is 7.05 Å². The van der Waals surface area contributed by atoms with Crippen LogP contribution in [0.4, 0.5) is 11.4 Å². The van der Waals surface area contributed by atoms with Crippen LogP contribution >= 0.6 is 0 Å². The molecule has 2 aromatic heterocycles. The van der Waals surface area contributed by atoms with Crippen LogP contribution in [-0.4, -0.2) is 16.3 Å². The molecule has 158 valence electrons. The Bertz CT molecular complexity index is 1420. The molecule has 1 atom stereocenters. The first-order valence-electron chi connectivity index (χ1n) is 10.5. The maximum Gasteiger partial charge on any atom is 0.250 e. The third kappa shape index (κ3) is 3.19. The minimum absolute atomic E-state index is 0.0405. The molecule has 2 aromatic carbocycles. The molecule has 0 radical (unpaired) electrons. The van der Waals surface area contributed by atoms with Gasteiger partial charge in [-0.1, -0.05) is 24.2 Å². The zero-order valence-corrected chi connectivity index (χ0v) is 18.2. The van der Waals surface area contributed by atoms with Gasteiger partial charge < -0.3 is 14.0 Å². The molecule has 0 spiro atoms. The first-order chi connectivity index (χ1) is 15.5. The van der Waals surface area contributed by atoms with E-state index in [9.17, 15) is 10.1 Å². The van der Waals surface area contributed by atoms with Gasteiger partial charge in [0.05, 0.1) is 17.3 Å². The van der Waals surface area contributed by atoms with Crippen molar-refractivity contribution >= 4 is 11.4 Å². The first kappa shape index (κ1) is 19.8. The smallest absolute Gasteiger partial charge is 0.250 e. The molecule has 3 heterocycles. The number of hydrogen-bond acceptors (Lipinski definition) is 5. The summed E-state index contributed by atoms with van der Waals surface area (Å²) in [6.07, 6.45) is 1.85. The van der Waals surface area contributed by atoms with Crippen LogP contribution in [0.15, 0.2) is 70.1 Å². The van der Waals surface area contributed by atoms with Crippen LogP contribution in [0.5, 0.6) is 0 Å². The highest BCUT2D eigenvalue weighted by molar-refractivity contribution is 5.89. The number of rotatable bonds is 2. The Kier molecular flexibility index (Phi) is 4.67. The van der Waals surface area contributed by atoms with E-state index >= 15 is 0 Å². The predicted molar refractivity (Wildman–Crippen MR) is 124 cm³/mol. The van der Waals surface area contributed by atoms with Crippen LogP contribution in [0.25, 0.3) is 22.3 Å². The lowest BCUT2D eigenvalue weighted by molar-refractivity contribution is 0.364. The molecular weight excluding hydrogens is 400 g/mol. The van der Waals surface area contributed by atoms with Crippen LogP contribution in [-0.2, 0) is 7.05 Å². The maximum absolute atomic E-state index is 11.9. The molecule has 6 nitrogen and oxygen atoms in total. The topological polar surface area (TPSA) is 75.1 Å². The van der Waals surface area contributed by atoms with Crippen LogP contribution in [0.3, 0.4) is 0 Å². The Hall–Kier alpha value is -4.11. The lowest BCUT2D eigenvalue weighted by Crippen LogP contribution is -2.21. The molecule has 32 heavy (non-hydrogen) atoms. The SMILES string of the molecule is Cc1noc2c1-c1ccc(-c3ccc(=O)n(C)c3)cc1N(c1ccc(C#N)cc1)CC2C. The normalized spacial score (nSPS) is 14.9. The fourth-order valence-corrected chi connectivity index (χ4v) is 4.38. The Morgan fingerprint density at radius 3 is 2.56 bits per heavy atom. The van der Waals surface area contributed by atoms with E-state index in [1.54, 1.807) is 17.7 Å². The van der Waals surface area contributed by atoms with Crippen molar-refractivity contribution < 1.29 is 4.52 Å². The highest BCUT2D eigenvalue weighted by Crippen LogP contribution is 2.46. The number of benzene rings is 2. The van der Waals surface area contributed by atoms with Gasteiger partial charge in [0.1, 0.15) is 5.76 Å². The number of fused-ring (bicyclic) bond motifs is 3. The fourth-order valence-electron chi connectivity index (χ4n) is 4.38. The van der Waals surface area contributed by atoms with Gasteiger partial charge in [-0.05, 0) is 54.4 Å². The molecule has 0 fully saturated rings. The minimum Gasteiger partial charge on any atom is -0.360 e. The zero-order chi connectivity index (χ0) is 22.4. The van der Waals surface area contributed by atoms with E-state index in [1.807, 2.05) is 43.5 Å². The first-order valence-corrected chi connectivity index (χ1v) is 10.5. The number of nitriles is 1. The molecule has 0 amide bonds. The molecule has 0 bridgehead atoms. The van der Waals surface area contributed by atoms with Crippen molar-refractivity contribution in [2.75, 3.05) is 11.4 Å². The summed E-state index contributed by atoms with van der Waals surface area (Å²) in [6.45, 7) is 4.81. The summed E-state index contributed by atoms with van der Waals surface area (Å²) < 4.78 is 7.33. The molecule has 0 aliphatic carbocycles. The van der Waals surface area contributed by atoms with Gasteiger partial charge in [0.25, 0.3) is 0 Å². The number of anilines is 2. The zero-order valence-electron chi connectivity index (χ0n) is 18.2. The van der Waals surface area contributed by atoms with Gasteiger partial charge in [-0.15, -0.1) is 0 Å². The molecular formula is C26H22N4O2. The second-order valence-corrected chi connectivity index (χ2v) is 8.28. The Morgan fingerprint density at radius 1 is 1.09 bits per heavy atom.